The fourth-order valence-electron chi connectivity index (χ4n) is 3.27. The van der Waals surface area contributed by atoms with Crippen molar-refractivity contribution in [2.45, 2.75) is 105 Å². The molecule has 0 saturated heterocycles. The zero-order valence-corrected chi connectivity index (χ0v) is 15.1. The molecule has 3 atom stereocenters. The first kappa shape index (κ1) is 20.0. The average Bonchev–Trinajstić information content (AvgIpc) is 2.46. The molecule has 0 aromatic rings. The van der Waals surface area contributed by atoms with Gasteiger partial charge in [-0.15, -0.1) is 0 Å². The highest BCUT2D eigenvalue weighted by Crippen LogP contribution is 2.26. The standard InChI is InChI=1S/C20H41/c1-6-10-14-19(8-3)16-12-13-18(5)17-20(9-4)15-11-7-2/h13,18-20H,6-12,14-17H2,1-5H3. The summed E-state index contributed by atoms with van der Waals surface area (Å²) in [6.07, 6.45) is 18.0. The Morgan fingerprint density at radius 1 is 0.750 bits per heavy atom. The molecule has 0 aromatic heterocycles. The highest BCUT2D eigenvalue weighted by atomic mass is 14.2. The molecule has 0 heterocycles. The van der Waals surface area contributed by atoms with E-state index in [0.29, 0.717) is 0 Å². The van der Waals surface area contributed by atoms with Gasteiger partial charge in [-0.2, -0.15) is 0 Å². The predicted octanol–water partition coefficient (Wildman–Crippen LogP) is 7.43. The van der Waals surface area contributed by atoms with Crippen LogP contribution in [-0.2, 0) is 0 Å². The maximum atomic E-state index is 2.61. The predicted molar refractivity (Wildman–Crippen MR) is 93.9 cm³/mol. The maximum Gasteiger partial charge on any atom is -0.0357 e. The summed E-state index contributed by atoms with van der Waals surface area (Å²) in [7, 11) is 0. The third-order valence-electron chi connectivity index (χ3n) is 4.94. The van der Waals surface area contributed by atoms with Crippen LogP contribution in [0, 0.1) is 24.2 Å². The van der Waals surface area contributed by atoms with Crippen molar-refractivity contribution in [1.29, 1.82) is 0 Å². The minimum absolute atomic E-state index is 0.820. The summed E-state index contributed by atoms with van der Waals surface area (Å²) in [5.74, 6) is 2.75. The molecule has 3 unspecified atom stereocenters. The lowest BCUT2D eigenvalue weighted by Crippen LogP contribution is -2.08. The normalized spacial score (nSPS) is 16.1. The minimum Gasteiger partial charge on any atom is -0.0654 e. The fourth-order valence-corrected chi connectivity index (χ4v) is 3.27. The minimum atomic E-state index is 0.820. The van der Waals surface area contributed by atoms with Gasteiger partial charge in [0.05, 0.1) is 0 Å². The molecular formula is C20H41. The van der Waals surface area contributed by atoms with Crippen LogP contribution < -0.4 is 0 Å². The zero-order valence-electron chi connectivity index (χ0n) is 15.1. The van der Waals surface area contributed by atoms with Gasteiger partial charge in [0, 0.05) is 0 Å². The van der Waals surface area contributed by atoms with Crippen molar-refractivity contribution in [2.75, 3.05) is 0 Å². The SMILES string of the molecule is CCCCC(CC)CC[CH]C(C)CC(CC)CCCC. The van der Waals surface area contributed by atoms with Crippen LogP contribution in [0.25, 0.3) is 0 Å². The van der Waals surface area contributed by atoms with Crippen LogP contribution in [0.4, 0.5) is 0 Å². The van der Waals surface area contributed by atoms with Crippen LogP contribution in [0.5, 0.6) is 0 Å². The molecule has 121 valence electrons. The van der Waals surface area contributed by atoms with E-state index in [4.69, 9.17) is 0 Å². The Morgan fingerprint density at radius 2 is 1.30 bits per heavy atom. The summed E-state index contributed by atoms with van der Waals surface area (Å²) in [5.41, 5.74) is 0. The van der Waals surface area contributed by atoms with Gasteiger partial charge in [-0.1, -0.05) is 92.4 Å². The van der Waals surface area contributed by atoms with E-state index in [0.717, 1.165) is 17.8 Å². The molecule has 0 aliphatic heterocycles. The topological polar surface area (TPSA) is 0 Å². The van der Waals surface area contributed by atoms with Crippen LogP contribution in [0.15, 0.2) is 0 Å². The molecule has 0 rings (SSSR count). The van der Waals surface area contributed by atoms with Gasteiger partial charge in [0.25, 0.3) is 0 Å². The van der Waals surface area contributed by atoms with Crippen molar-refractivity contribution in [1.82, 2.24) is 0 Å². The largest absolute Gasteiger partial charge is 0.0654 e. The van der Waals surface area contributed by atoms with E-state index in [1.54, 1.807) is 0 Å². The first-order valence-electron chi connectivity index (χ1n) is 9.51. The van der Waals surface area contributed by atoms with Gasteiger partial charge >= 0.3 is 0 Å². The smallest absolute Gasteiger partial charge is 0.0357 e. The van der Waals surface area contributed by atoms with E-state index in [1.807, 2.05) is 0 Å². The van der Waals surface area contributed by atoms with Gasteiger partial charge in [0.1, 0.15) is 0 Å². The Morgan fingerprint density at radius 3 is 1.80 bits per heavy atom. The molecule has 0 fully saturated rings. The van der Waals surface area contributed by atoms with Crippen LogP contribution >= 0.6 is 0 Å². The van der Waals surface area contributed by atoms with Crippen molar-refractivity contribution >= 4 is 0 Å². The molecule has 0 aliphatic carbocycles. The highest BCUT2D eigenvalue weighted by molar-refractivity contribution is 4.76. The van der Waals surface area contributed by atoms with Crippen molar-refractivity contribution in [2.24, 2.45) is 17.8 Å². The molecule has 0 spiro atoms. The first-order chi connectivity index (χ1) is 9.67. The number of rotatable bonds is 14. The Balaban J connectivity index is 3.76. The van der Waals surface area contributed by atoms with Gasteiger partial charge in [-0.3, -0.25) is 0 Å². The molecule has 0 aliphatic rings. The highest BCUT2D eigenvalue weighted by Gasteiger charge is 2.12. The van der Waals surface area contributed by atoms with E-state index in [9.17, 15) is 0 Å². The van der Waals surface area contributed by atoms with Gasteiger partial charge in [0.2, 0.25) is 0 Å². The van der Waals surface area contributed by atoms with Gasteiger partial charge in [0.15, 0.2) is 0 Å². The lowest BCUT2D eigenvalue weighted by molar-refractivity contribution is 0.359. The Hall–Kier alpha value is 0. The summed E-state index contributed by atoms with van der Waals surface area (Å²) >= 11 is 0. The Bertz CT molecular complexity index is 184. The van der Waals surface area contributed by atoms with Gasteiger partial charge < -0.3 is 0 Å². The van der Waals surface area contributed by atoms with Crippen molar-refractivity contribution in [3.63, 3.8) is 0 Å². The lowest BCUT2D eigenvalue weighted by atomic mass is 9.85. The maximum absolute atomic E-state index is 2.61. The molecule has 20 heavy (non-hydrogen) atoms. The first-order valence-corrected chi connectivity index (χ1v) is 9.51. The summed E-state index contributed by atoms with van der Waals surface area (Å²) < 4.78 is 0. The van der Waals surface area contributed by atoms with Gasteiger partial charge in [-0.25, -0.2) is 0 Å². The van der Waals surface area contributed by atoms with Crippen molar-refractivity contribution < 1.29 is 0 Å². The number of unbranched alkanes of at least 4 members (excludes halogenated alkanes) is 2. The Kier molecular flexibility index (Phi) is 14.0. The third-order valence-corrected chi connectivity index (χ3v) is 4.94. The molecule has 1 radical (unpaired) electrons. The van der Waals surface area contributed by atoms with E-state index in [1.165, 1.54) is 70.6 Å². The second-order valence-corrected chi connectivity index (χ2v) is 6.86. The number of hydrogen-bond donors (Lipinski definition) is 0. The van der Waals surface area contributed by atoms with E-state index < -0.39 is 0 Å². The zero-order chi connectivity index (χ0) is 15.2. The molecule has 0 heteroatoms. The molecule has 0 saturated carbocycles. The summed E-state index contributed by atoms with van der Waals surface area (Å²) in [6, 6.07) is 0. The fraction of sp³-hybridized carbons (Fsp3) is 0.950. The van der Waals surface area contributed by atoms with E-state index in [2.05, 4.69) is 41.0 Å². The summed E-state index contributed by atoms with van der Waals surface area (Å²) in [6.45, 7) is 11.8. The Labute approximate surface area is 130 Å². The second-order valence-electron chi connectivity index (χ2n) is 6.86. The molecule has 0 bridgehead atoms. The van der Waals surface area contributed by atoms with Crippen molar-refractivity contribution in [3.05, 3.63) is 6.42 Å². The summed E-state index contributed by atoms with van der Waals surface area (Å²) in [4.78, 5) is 0. The van der Waals surface area contributed by atoms with E-state index >= 15 is 0 Å². The average molecular weight is 282 g/mol. The monoisotopic (exact) mass is 281 g/mol. The van der Waals surface area contributed by atoms with Crippen LogP contribution in [-0.4, -0.2) is 0 Å². The molecule has 0 nitrogen and oxygen atoms in total. The van der Waals surface area contributed by atoms with E-state index in [-0.39, 0.29) is 0 Å². The second kappa shape index (κ2) is 14.0. The van der Waals surface area contributed by atoms with Crippen LogP contribution in [0.2, 0.25) is 0 Å². The van der Waals surface area contributed by atoms with Crippen LogP contribution in [0.3, 0.4) is 0 Å². The molecule has 0 amide bonds. The number of hydrogen-bond acceptors (Lipinski definition) is 0. The van der Waals surface area contributed by atoms with Crippen molar-refractivity contribution in [3.8, 4) is 0 Å². The molecular weight excluding hydrogens is 240 g/mol. The third kappa shape index (κ3) is 10.7. The summed E-state index contributed by atoms with van der Waals surface area (Å²) in [5, 5.41) is 0. The van der Waals surface area contributed by atoms with Crippen LogP contribution in [0.1, 0.15) is 105 Å². The van der Waals surface area contributed by atoms with Gasteiger partial charge in [-0.05, 0) is 37.0 Å². The molecule has 0 aromatic carbocycles. The quantitative estimate of drug-likeness (QED) is 0.310. The molecule has 0 N–H and O–H groups in total. The lowest BCUT2D eigenvalue weighted by Gasteiger charge is -2.20.